The van der Waals surface area contributed by atoms with E-state index in [1.54, 1.807) is 12.1 Å². The summed E-state index contributed by atoms with van der Waals surface area (Å²) in [6.45, 7) is 0. The van der Waals surface area contributed by atoms with E-state index in [2.05, 4.69) is 43.5 Å². The molecule has 3 N–H and O–H groups in total. The van der Waals surface area contributed by atoms with E-state index in [-0.39, 0.29) is 23.8 Å². The lowest BCUT2D eigenvalue weighted by atomic mass is 9.93. The lowest BCUT2D eigenvalue weighted by molar-refractivity contribution is 0.431. The zero-order valence-corrected chi connectivity index (χ0v) is 14.2. The highest BCUT2D eigenvalue weighted by atomic mass is 79.9. The van der Waals surface area contributed by atoms with Crippen molar-refractivity contribution in [3.05, 3.63) is 69.9 Å². The van der Waals surface area contributed by atoms with Gasteiger partial charge in [0.05, 0.1) is 12.1 Å². The van der Waals surface area contributed by atoms with Crippen molar-refractivity contribution < 1.29 is 4.39 Å². The van der Waals surface area contributed by atoms with Crippen molar-refractivity contribution in [2.24, 2.45) is 0 Å². The fourth-order valence-corrected chi connectivity index (χ4v) is 3.52. The van der Waals surface area contributed by atoms with Gasteiger partial charge in [-0.2, -0.15) is 4.98 Å². The van der Waals surface area contributed by atoms with Crippen LogP contribution in [-0.2, 0) is 0 Å². The molecular weight excluding hydrogens is 373 g/mol. The highest BCUT2D eigenvalue weighted by Crippen LogP contribution is 2.38. The molecule has 5 nitrogen and oxygen atoms in total. The smallest absolute Gasteiger partial charge is 0.241 e. The van der Waals surface area contributed by atoms with E-state index in [9.17, 15) is 4.39 Å². The summed E-state index contributed by atoms with van der Waals surface area (Å²) in [6.07, 6.45) is 0.762. The van der Waals surface area contributed by atoms with Crippen LogP contribution in [0, 0.1) is 5.82 Å². The molecule has 0 fully saturated rings. The maximum absolute atomic E-state index is 13.2. The molecule has 3 aromatic rings. The van der Waals surface area contributed by atoms with Crippen molar-refractivity contribution in [2.75, 3.05) is 11.1 Å². The number of benzene rings is 2. The number of aromatic nitrogens is 3. The van der Waals surface area contributed by atoms with Crippen LogP contribution < -0.4 is 11.1 Å². The Balaban J connectivity index is 1.76. The van der Waals surface area contributed by atoms with E-state index in [0.29, 0.717) is 5.95 Å². The van der Waals surface area contributed by atoms with E-state index in [1.807, 2.05) is 16.8 Å². The number of anilines is 2. The van der Waals surface area contributed by atoms with Gasteiger partial charge in [0.25, 0.3) is 0 Å². The molecule has 0 saturated heterocycles. The van der Waals surface area contributed by atoms with Crippen LogP contribution >= 0.6 is 15.9 Å². The Morgan fingerprint density at radius 2 is 1.96 bits per heavy atom. The average Bonchev–Trinajstić information content (AvgIpc) is 2.94. The lowest BCUT2D eigenvalue weighted by Crippen LogP contribution is -2.28. The van der Waals surface area contributed by atoms with Gasteiger partial charge in [0.2, 0.25) is 11.9 Å². The minimum Gasteiger partial charge on any atom is -0.366 e. The first-order chi connectivity index (χ1) is 11.6. The van der Waals surface area contributed by atoms with Gasteiger partial charge in [-0.1, -0.05) is 40.2 Å². The van der Waals surface area contributed by atoms with Crippen molar-refractivity contribution in [3.8, 4) is 0 Å². The van der Waals surface area contributed by atoms with Gasteiger partial charge >= 0.3 is 0 Å². The SMILES string of the molecule is Nc1nc2n(n1)[C@@H](c1cccc(Br)c1)C[C@H](c1ccc(F)cc1)N2. The predicted octanol–water partition coefficient (Wildman–Crippen LogP) is 3.91. The largest absolute Gasteiger partial charge is 0.366 e. The second-order valence-corrected chi connectivity index (χ2v) is 6.71. The van der Waals surface area contributed by atoms with Gasteiger partial charge in [0.1, 0.15) is 5.82 Å². The van der Waals surface area contributed by atoms with Crippen LogP contribution in [0.4, 0.5) is 16.3 Å². The third-order valence-corrected chi connectivity index (χ3v) is 4.70. The molecule has 0 spiro atoms. The topological polar surface area (TPSA) is 68.8 Å². The van der Waals surface area contributed by atoms with Crippen LogP contribution in [0.15, 0.2) is 53.0 Å². The number of hydrogen-bond acceptors (Lipinski definition) is 4. The molecule has 0 amide bonds. The average molecular weight is 388 g/mol. The van der Waals surface area contributed by atoms with Crippen LogP contribution in [0.25, 0.3) is 0 Å². The van der Waals surface area contributed by atoms with Crippen molar-refractivity contribution in [2.45, 2.75) is 18.5 Å². The van der Waals surface area contributed by atoms with E-state index < -0.39 is 0 Å². The van der Waals surface area contributed by atoms with E-state index in [4.69, 9.17) is 5.73 Å². The molecule has 0 radical (unpaired) electrons. The molecule has 0 aliphatic carbocycles. The summed E-state index contributed by atoms with van der Waals surface area (Å²) in [5.74, 6) is 0.612. The number of nitrogens with one attached hydrogen (secondary N) is 1. The molecule has 7 heteroatoms. The number of nitrogens with zero attached hydrogens (tertiary/aromatic N) is 3. The second kappa shape index (κ2) is 5.90. The Morgan fingerprint density at radius 1 is 1.17 bits per heavy atom. The van der Waals surface area contributed by atoms with E-state index in [1.165, 1.54) is 12.1 Å². The number of nitrogens with two attached hydrogens (primary N) is 1. The van der Waals surface area contributed by atoms with Crippen molar-refractivity contribution >= 4 is 27.8 Å². The van der Waals surface area contributed by atoms with E-state index in [0.717, 1.165) is 22.0 Å². The number of hydrogen-bond donors (Lipinski definition) is 2. The monoisotopic (exact) mass is 387 g/mol. The first-order valence-corrected chi connectivity index (χ1v) is 8.39. The molecule has 0 unspecified atom stereocenters. The minimum absolute atomic E-state index is 0.00129. The Morgan fingerprint density at radius 3 is 2.71 bits per heavy atom. The summed E-state index contributed by atoms with van der Waals surface area (Å²) in [7, 11) is 0. The maximum Gasteiger partial charge on any atom is 0.241 e. The third kappa shape index (κ3) is 2.75. The van der Waals surface area contributed by atoms with Crippen LogP contribution in [0.3, 0.4) is 0 Å². The Labute approximate surface area is 146 Å². The van der Waals surface area contributed by atoms with Crippen LogP contribution in [0.2, 0.25) is 0 Å². The Hall–Kier alpha value is -2.41. The van der Waals surface area contributed by atoms with Crippen molar-refractivity contribution in [3.63, 3.8) is 0 Å². The van der Waals surface area contributed by atoms with Gasteiger partial charge in [-0.05, 0) is 41.8 Å². The highest BCUT2D eigenvalue weighted by molar-refractivity contribution is 9.10. The molecule has 0 saturated carbocycles. The second-order valence-electron chi connectivity index (χ2n) is 5.79. The molecule has 122 valence electrons. The summed E-state index contributed by atoms with van der Waals surface area (Å²) >= 11 is 3.51. The number of nitrogen functional groups attached to an aromatic ring is 1. The summed E-state index contributed by atoms with van der Waals surface area (Å²) in [6, 6.07) is 14.6. The summed E-state index contributed by atoms with van der Waals surface area (Å²) in [5, 5.41) is 7.67. The number of rotatable bonds is 2. The zero-order valence-electron chi connectivity index (χ0n) is 12.7. The zero-order chi connectivity index (χ0) is 16.7. The predicted molar refractivity (Wildman–Crippen MR) is 94.1 cm³/mol. The molecule has 2 heterocycles. The number of fused-ring (bicyclic) bond motifs is 1. The maximum atomic E-state index is 13.2. The standard InChI is InChI=1S/C17H15BrFN5/c18-12-3-1-2-11(8-12)15-9-14(10-4-6-13(19)7-5-10)21-17-22-16(20)23-24(15)17/h1-8,14-15H,9H2,(H3,20,21,22,23)/t14-,15-/m1/s1. The normalized spacial score (nSPS) is 19.6. The molecule has 1 aliphatic heterocycles. The number of halogens is 2. The molecule has 2 atom stereocenters. The van der Waals surface area contributed by atoms with Gasteiger partial charge in [-0.15, -0.1) is 5.10 Å². The molecule has 1 aliphatic rings. The molecule has 1 aromatic heterocycles. The molecule has 2 aromatic carbocycles. The van der Waals surface area contributed by atoms with Crippen LogP contribution in [-0.4, -0.2) is 14.8 Å². The van der Waals surface area contributed by atoms with Crippen LogP contribution in [0.1, 0.15) is 29.6 Å². The minimum atomic E-state index is -0.245. The molecule has 0 bridgehead atoms. The molecule has 4 rings (SSSR count). The van der Waals surface area contributed by atoms with E-state index >= 15 is 0 Å². The first-order valence-electron chi connectivity index (χ1n) is 7.59. The fourth-order valence-electron chi connectivity index (χ4n) is 3.10. The summed E-state index contributed by atoms with van der Waals surface area (Å²) in [4.78, 5) is 4.28. The quantitative estimate of drug-likeness (QED) is 0.699. The lowest BCUT2D eigenvalue weighted by Gasteiger charge is -2.31. The Bertz CT molecular complexity index is 877. The van der Waals surface area contributed by atoms with Gasteiger partial charge in [0.15, 0.2) is 0 Å². The summed E-state index contributed by atoms with van der Waals surface area (Å²) in [5.41, 5.74) is 7.91. The molecule has 24 heavy (non-hydrogen) atoms. The van der Waals surface area contributed by atoms with Gasteiger partial charge < -0.3 is 11.1 Å². The van der Waals surface area contributed by atoms with Gasteiger partial charge in [-0.25, -0.2) is 9.07 Å². The Kier molecular flexibility index (Phi) is 3.72. The third-order valence-electron chi connectivity index (χ3n) is 4.21. The first kappa shape index (κ1) is 15.1. The van der Waals surface area contributed by atoms with Gasteiger partial charge in [0, 0.05) is 4.47 Å². The van der Waals surface area contributed by atoms with Crippen LogP contribution in [0.5, 0.6) is 0 Å². The summed E-state index contributed by atoms with van der Waals surface area (Å²) < 4.78 is 16.0. The highest BCUT2D eigenvalue weighted by Gasteiger charge is 2.30. The van der Waals surface area contributed by atoms with Gasteiger partial charge in [-0.3, -0.25) is 0 Å². The molecular formula is C17H15BrFN5. The fraction of sp³-hybridized carbons (Fsp3) is 0.176. The van der Waals surface area contributed by atoms with Crippen molar-refractivity contribution in [1.29, 1.82) is 0 Å². The van der Waals surface area contributed by atoms with Crippen molar-refractivity contribution in [1.82, 2.24) is 14.8 Å².